The molecule has 0 unspecified atom stereocenters. The number of alkyl halides is 2. The molecule has 2 aliphatic rings. The Morgan fingerprint density at radius 3 is 2.42 bits per heavy atom. The molecule has 31 heavy (non-hydrogen) atoms. The van der Waals surface area contributed by atoms with E-state index in [-0.39, 0.29) is 44.3 Å². The molecule has 2 saturated heterocycles. The number of nitrogens with one attached hydrogen (secondary N) is 2. The van der Waals surface area contributed by atoms with Crippen LogP contribution < -0.4 is 15.4 Å². The number of benzene rings is 1. The van der Waals surface area contributed by atoms with Gasteiger partial charge >= 0.3 is 0 Å². The lowest BCUT2D eigenvalue weighted by atomic mass is 10.00. The molecule has 0 saturated carbocycles. The lowest BCUT2D eigenvalue weighted by molar-refractivity contribution is -0.117. The molecule has 10 heteroatoms. The minimum Gasteiger partial charge on any atom is -0.497 e. The van der Waals surface area contributed by atoms with Crippen LogP contribution in [0.15, 0.2) is 18.2 Å². The first-order valence-electron chi connectivity index (χ1n) is 10.4. The lowest BCUT2D eigenvalue weighted by Gasteiger charge is -2.36. The van der Waals surface area contributed by atoms with Crippen LogP contribution in [0.5, 0.6) is 5.75 Å². The molecule has 0 radical (unpaired) electrons. The third kappa shape index (κ3) is 6.59. The molecule has 0 spiro atoms. The Kier molecular flexibility index (Phi) is 7.13. The molecule has 0 bridgehead atoms. The molecule has 3 rings (SSSR count). The molecule has 1 aromatic rings. The number of halogens is 2. The van der Waals surface area contributed by atoms with Crippen LogP contribution in [0.4, 0.5) is 20.2 Å². The van der Waals surface area contributed by atoms with Crippen LogP contribution in [0.1, 0.15) is 26.2 Å². The van der Waals surface area contributed by atoms with Crippen LogP contribution in [0.2, 0.25) is 0 Å². The predicted octanol–water partition coefficient (Wildman–Crippen LogP) is 1.76. The third-order valence-corrected chi connectivity index (χ3v) is 5.70. The van der Waals surface area contributed by atoms with E-state index < -0.39 is 11.5 Å². The quantitative estimate of drug-likeness (QED) is 0.598. The van der Waals surface area contributed by atoms with Crippen molar-refractivity contribution >= 4 is 23.2 Å². The van der Waals surface area contributed by atoms with Gasteiger partial charge in [-0.05, 0) is 18.6 Å². The van der Waals surface area contributed by atoms with E-state index in [2.05, 4.69) is 10.6 Å². The zero-order chi connectivity index (χ0) is 22.6. The van der Waals surface area contributed by atoms with Crippen molar-refractivity contribution in [3.05, 3.63) is 18.2 Å². The number of methoxy groups -OCH3 is 1. The largest absolute Gasteiger partial charge is 0.497 e. The normalized spacial score (nSPS) is 24.0. The van der Waals surface area contributed by atoms with Gasteiger partial charge in [-0.2, -0.15) is 0 Å². The molecule has 0 aromatic heterocycles. The summed E-state index contributed by atoms with van der Waals surface area (Å²) >= 11 is 0. The summed E-state index contributed by atoms with van der Waals surface area (Å²) in [6.07, 6.45) is 0.0994. The standard InChI is InChI=1S/C21H30F2N4O4/c1-15(28)24-17-4-3-16(31-2)11-18(17)25-19(29)12-27-8-5-20(30,14-27)13-26-9-6-21(22,23)7-10-26/h3-4,11,30H,5-10,12-14H2,1-2H3,(H,24,28)(H,25,29)/t20-/m1/s1. The number of hydrogen-bond donors (Lipinski definition) is 3. The molecule has 3 N–H and O–H groups in total. The summed E-state index contributed by atoms with van der Waals surface area (Å²) in [5.41, 5.74) is -0.144. The number of likely N-dealkylation sites (tertiary alicyclic amines) is 2. The molecule has 172 valence electrons. The monoisotopic (exact) mass is 440 g/mol. The molecular weight excluding hydrogens is 410 g/mol. The number of carbonyl (C=O) groups is 2. The fourth-order valence-corrected chi connectivity index (χ4v) is 4.10. The average Bonchev–Trinajstić information content (AvgIpc) is 3.04. The zero-order valence-electron chi connectivity index (χ0n) is 17.9. The molecule has 8 nitrogen and oxygen atoms in total. The van der Waals surface area contributed by atoms with Crippen molar-refractivity contribution in [1.82, 2.24) is 9.80 Å². The van der Waals surface area contributed by atoms with Gasteiger partial charge in [0.15, 0.2) is 0 Å². The van der Waals surface area contributed by atoms with E-state index in [0.717, 1.165) is 0 Å². The summed E-state index contributed by atoms with van der Waals surface area (Å²) in [6.45, 7) is 3.12. The highest BCUT2D eigenvalue weighted by Crippen LogP contribution is 2.31. The highest BCUT2D eigenvalue weighted by atomic mass is 19.3. The fraction of sp³-hybridized carbons (Fsp3) is 0.619. The summed E-state index contributed by atoms with van der Waals surface area (Å²) in [7, 11) is 1.51. The van der Waals surface area contributed by atoms with Crippen LogP contribution in [0, 0.1) is 0 Å². The van der Waals surface area contributed by atoms with Gasteiger partial charge in [-0.15, -0.1) is 0 Å². The van der Waals surface area contributed by atoms with Crippen molar-refractivity contribution in [3.63, 3.8) is 0 Å². The predicted molar refractivity (Wildman–Crippen MR) is 113 cm³/mol. The van der Waals surface area contributed by atoms with Crippen molar-refractivity contribution in [1.29, 1.82) is 0 Å². The molecule has 1 aromatic carbocycles. The Labute approximate surface area is 180 Å². The van der Waals surface area contributed by atoms with Gasteiger partial charge in [-0.1, -0.05) is 0 Å². The Morgan fingerprint density at radius 1 is 1.10 bits per heavy atom. The number of anilines is 2. The summed E-state index contributed by atoms with van der Waals surface area (Å²) in [5.74, 6) is -2.63. The summed E-state index contributed by atoms with van der Waals surface area (Å²) in [4.78, 5) is 27.7. The smallest absolute Gasteiger partial charge is 0.250 e. The van der Waals surface area contributed by atoms with Gasteiger partial charge in [-0.25, -0.2) is 8.78 Å². The van der Waals surface area contributed by atoms with E-state index >= 15 is 0 Å². The number of β-amino-alcohol motifs (C(OH)–C–C–N with tert-alkyl or cyclic N) is 1. The first kappa shape index (κ1) is 23.4. The Morgan fingerprint density at radius 2 is 1.77 bits per heavy atom. The highest BCUT2D eigenvalue weighted by Gasteiger charge is 2.41. The Balaban J connectivity index is 1.54. The molecule has 1 atom stereocenters. The van der Waals surface area contributed by atoms with Gasteiger partial charge in [0.1, 0.15) is 5.75 Å². The van der Waals surface area contributed by atoms with Crippen molar-refractivity contribution < 1.29 is 28.2 Å². The zero-order valence-corrected chi connectivity index (χ0v) is 17.9. The maximum absolute atomic E-state index is 13.3. The van der Waals surface area contributed by atoms with Crippen molar-refractivity contribution in [2.75, 3.05) is 57.0 Å². The number of nitrogens with zero attached hydrogens (tertiary/aromatic N) is 2. The van der Waals surface area contributed by atoms with E-state index in [1.165, 1.54) is 14.0 Å². The number of aliphatic hydroxyl groups is 1. The molecule has 0 aliphatic carbocycles. The van der Waals surface area contributed by atoms with Gasteiger partial charge in [0, 0.05) is 58.6 Å². The van der Waals surface area contributed by atoms with Gasteiger partial charge in [0.25, 0.3) is 5.92 Å². The number of piperidine rings is 1. The number of hydrogen-bond acceptors (Lipinski definition) is 6. The molecule has 2 amide bonds. The van der Waals surface area contributed by atoms with Gasteiger partial charge in [0.2, 0.25) is 11.8 Å². The molecule has 2 heterocycles. The Bertz CT molecular complexity index is 813. The van der Waals surface area contributed by atoms with E-state index in [1.54, 1.807) is 18.2 Å². The third-order valence-electron chi connectivity index (χ3n) is 5.70. The lowest BCUT2D eigenvalue weighted by Crippen LogP contribution is -2.49. The van der Waals surface area contributed by atoms with Crippen molar-refractivity contribution in [3.8, 4) is 5.75 Å². The number of ether oxygens (including phenoxy) is 1. The SMILES string of the molecule is COc1ccc(NC(C)=O)c(NC(=O)CN2CC[C@@](O)(CN3CCC(F)(F)CC3)C2)c1. The molecular formula is C21H30F2N4O4. The van der Waals surface area contributed by atoms with E-state index in [9.17, 15) is 23.5 Å². The maximum Gasteiger partial charge on any atom is 0.250 e. The number of rotatable bonds is 7. The highest BCUT2D eigenvalue weighted by molar-refractivity contribution is 5.99. The second-order valence-corrected chi connectivity index (χ2v) is 8.46. The summed E-state index contributed by atoms with van der Waals surface area (Å²) in [5, 5.41) is 16.3. The second-order valence-electron chi connectivity index (χ2n) is 8.46. The number of amides is 2. The molecule has 2 aliphatic heterocycles. The molecule has 2 fully saturated rings. The van der Waals surface area contributed by atoms with E-state index in [4.69, 9.17) is 4.74 Å². The second kappa shape index (κ2) is 9.46. The van der Waals surface area contributed by atoms with Crippen LogP contribution in [0.25, 0.3) is 0 Å². The summed E-state index contributed by atoms with van der Waals surface area (Å²) < 4.78 is 31.9. The minimum atomic E-state index is -2.62. The van der Waals surface area contributed by atoms with Crippen LogP contribution >= 0.6 is 0 Å². The first-order chi connectivity index (χ1) is 14.6. The summed E-state index contributed by atoms with van der Waals surface area (Å²) in [6, 6.07) is 4.94. The van der Waals surface area contributed by atoms with Crippen LogP contribution in [0.3, 0.4) is 0 Å². The van der Waals surface area contributed by atoms with Gasteiger partial charge < -0.3 is 20.5 Å². The van der Waals surface area contributed by atoms with Crippen LogP contribution in [-0.4, -0.2) is 84.6 Å². The van der Waals surface area contributed by atoms with E-state index in [1.807, 2.05) is 9.80 Å². The fourth-order valence-electron chi connectivity index (χ4n) is 4.10. The number of carbonyl (C=O) groups excluding carboxylic acids is 2. The maximum atomic E-state index is 13.3. The van der Waals surface area contributed by atoms with Crippen LogP contribution in [-0.2, 0) is 9.59 Å². The topological polar surface area (TPSA) is 94.1 Å². The Hall–Kier alpha value is -2.30. The van der Waals surface area contributed by atoms with Crippen molar-refractivity contribution in [2.24, 2.45) is 0 Å². The van der Waals surface area contributed by atoms with Gasteiger partial charge in [0.05, 0.1) is 30.6 Å². The minimum absolute atomic E-state index is 0.0666. The van der Waals surface area contributed by atoms with Gasteiger partial charge in [-0.3, -0.25) is 19.4 Å². The first-order valence-corrected chi connectivity index (χ1v) is 10.4. The van der Waals surface area contributed by atoms with E-state index in [0.29, 0.717) is 43.2 Å². The average molecular weight is 440 g/mol. The van der Waals surface area contributed by atoms with Crippen molar-refractivity contribution in [2.45, 2.75) is 37.7 Å².